The average molecular weight is 225 g/mol. The Balaban J connectivity index is 2.01. The highest BCUT2D eigenvalue weighted by Crippen LogP contribution is 2.33. The zero-order valence-electron chi connectivity index (χ0n) is 10.1. The van der Waals surface area contributed by atoms with Crippen molar-refractivity contribution >= 4 is 6.01 Å². The van der Waals surface area contributed by atoms with Gasteiger partial charge in [0.1, 0.15) is 5.60 Å². The van der Waals surface area contributed by atoms with Gasteiger partial charge in [0.25, 0.3) is 0 Å². The maximum Gasteiger partial charge on any atom is 0.321 e. The summed E-state index contributed by atoms with van der Waals surface area (Å²) in [6, 6.07) is 0.487. The molecule has 1 unspecified atom stereocenters. The summed E-state index contributed by atoms with van der Waals surface area (Å²) in [6.07, 6.45) is 2.01. The van der Waals surface area contributed by atoms with E-state index in [1.54, 1.807) is 0 Å². The number of hydrogen-bond acceptors (Lipinski definition) is 5. The van der Waals surface area contributed by atoms with Gasteiger partial charge in [0.05, 0.1) is 0 Å². The van der Waals surface area contributed by atoms with Gasteiger partial charge in [-0.2, -0.15) is 4.98 Å². The third kappa shape index (κ3) is 2.35. The molecule has 2 heterocycles. The minimum atomic E-state index is -0.360. The average Bonchev–Trinajstić information content (AvgIpc) is 2.84. The Kier molecular flexibility index (Phi) is 3.14. The molecular formula is C11H19N3O2. The molecule has 0 amide bonds. The molecule has 0 aliphatic carbocycles. The van der Waals surface area contributed by atoms with Crippen LogP contribution in [0.1, 0.15) is 39.4 Å². The molecule has 0 radical (unpaired) electrons. The number of nitrogens with one attached hydrogen (secondary N) is 1. The fourth-order valence-corrected chi connectivity index (χ4v) is 1.76. The predicted molar refractivity (Wildman–Crippen MR) is 60.2 cm³/mol. The second kappa shape index (κ2) is 4.41. The number of ether oxygens (including phenoxy) is 1. The van der Waals surface area contributed by atoms with Crippen molar-refractivity contribution in [3.63, 3.8) is 0 Å². The van der Waals surface area contributed by atoms with E-state index in [-0.39, 0.29) is 5.60 Å². The van der Waals surface area contributed by atoms with Crippen LogP contribution >= 0.6 is 0 Å². The lowest BCUT2D eigenvalue weighted by molar-refractivity contribution is 0.00768. The minimum absolute atomic E-state index is 0.360. The largest absolute Gasteiger partial charge is 0.367 e. The fourth-order valence-electron chi connectivity index (χ4n) is 1.76. The van der Waals surface area contributed by atoms with E-state index in [0.29, 0.717) is 17.8 Å². The molecule has 1 aliphatic rings. The summed E-state index contributed by atoms with van der Waals surface area (Å²) < 4.78 is 10.8. The number of hydrogen-bond donors (Lipinski definition) is 1. The molecule has 5 nitrogen and oxygen atoms in total. The summed E-state index contributed by atoms with van der Waals surface area (Å²) in [6.45, 7) is 7.88. The van der Waals surface area contributed by atoms with Gasteiger partial charge in [-0.05, 0) is 25.7 Å². The lowest BCUT2D eigenvalue weighted by Gasteiger charge is -2.17. The first-order valence-corrected chi connectivity index (χ1v) is 5.82. The summed E-state index contributed by atoms with van der Waals surface area (Å²) in [4.78, 5) is 4.32. The van der Waals surface area contributed by atoms with Crippen molar-refractivity contribution < 1.29 is 9.26 Å². The van der Waals surface area contributed by atoms with E-state index in [4.69, 9.17) is 9.26 Å². The Labute approximate surface area is 95.6 Å². The quantitative estimate of drug-likeness (QED) is 0.850. The summed E-state index contributed by atoms with van der Waals surface area (Å²) in [7, 11) is 0. The van der Waals surface area contributed by atoms with Crippen molar-refractivity contribution in [2.24, 2.45) is 5.92 Å². The van der Waals surface area contributed by atoms with Crippen LogP contribution in [-0.2, 0) is 10.3 Å². The Hall–Kier alpha value is -1.10. The van der Waals surface area contributed by atoms with Gasteiger partial charge in [0.15, 0.2) is 0 Å². The maximum atomic E-state index is 5.65. The number of aromatic nitrogens is 2. The van der Waals surface area contributed by atoms with Gasteiger partial charge in [-0.1, -0.05) is 19.0 Å². The second-order valence-corrected chi connectivity index (χ2v) is 4.88. The smallest absolute Gasteiger partial charge is 0.321 e. The summed E-state index contributed by atoms with van der Waals surface area (Å²) in [5.74, 6) is 1.20. The second-order valence-electron chi connectivity index (χ2n) is 4.88. The van der Waals surface area contributed by atoms with Crippen LogP contribution in [0.4, 0.5) is 6.01 Å². The molecule has 1 aliphatic heterocycles. The van der Waals surface area contributed by atoms with E-state index in [2.05, 4.69) is 29.3 Å². The van der Waals surface area contributed by atoms with Crippen molar-refractivity contribution in [2.45, 2.75) is 39.2 Å². The normalized spacial score (nSPS) is 25.2. The van der Waals surface area contributed by atoms with Crippen LogP contribution in [0.5, 0.6) is 0 Å². The molecule has 1 saturated heterocycles. The maximum absolute atomic E-state index is 5.65. The molecule has 1 N–H and O–H groups in total. The van der Waals surface area contributed by atoms with Crippen molar-refractivity contribution in [1.82, 2.24) is 10.1 Å². The Bertz CT molecular complexity index is 343. The monoisotopic (exact) mass is 225 g/mol. The highest BCUT2D eigenvalue weighted by atomic mass is 16.5. The van der Waals surface area contributed by atoms with Crippen LogP contribution in [0.25, 0.3) is 0 Å². The van der Waals surface area contributed by atoms with Crippen LogP contribution in [0, 0.1) is 5.92 Å². The first-order chi connectivity index (χ1) is 7.60. The van der Waals surface area contributed by atoms with Crippen molar-refractivity contribution in [3.05, 3.63) is 5.82 Å². The standard InChI is InChI=1S/C11H19N3O2/c1-8(2)7-12-10-13-9(14-16-10)11(3)5-4-6-15-11/h8H,4-7H2,1-3H3,(H,12,13,14). The molecule has 0 saturated carbocycles. The minimum Gasteiger partial charge on any atom is -0.367 e. The highest BCUT2D eigenvalue weighted by molar-refractivity contribution is 5.20. The van der Waals surface area contributed by atoms with E-state index in [1.165, 1.54) is 0 Å². The number of rotatable bonds is 4. The van der Waals surface area contributed by atoms with Gasteiger partial charge >= 0.3 is 6.01 Å². The molecule has 0 bridgehead atoms. The van der Waals surface area contributed by atoms with Crippen molar-refractivity contribution in [1.29, 1.82) is 0 Å². The molecule has 1 aromatic heterocycles. The van der Waals surface area contributed by atoms with Gasteiger partial charge < -0.3 is 14.6 Å². The Morgan fingerprint density at radius 2 is 2.31 bits per heavy atom. The Morgan fingerprint density at radius 3 is 2.94 bits per heavy atom. The lowest BCUT2D eigenvalue weighted by Crippen LogP contribution is -2.21. The zero-order valence-corrected chi connectivity index (χ0v) is 10.1. The van der Waals surface area contributed by atoms with E-state index < -0.39 is 0 Å². The summed E-state index contributed by atoms with van der Waals surface area (Å²) in [5, 5.41) is 7.08. The molecular weight excluding hydrogens is 206 g/mol. The molecule has 0 aromatic carbocycles. The highest BCUT2D eigenvalue weighted by Gasteiger charge is 2.36. The predicted octanol–water partition coefficient (Wildman–Crippen LogP) is 2.16. The van der Waals surface area contributed by atoms with E-state index in [1.807, 2.05) is 6.92 Å². The van der Waals surface area contributed by atoms with E-state index in [9.17, 15) is 0 Å². The molecule has 16 heavy (non-hydrogen) atoms. The van der Waals surface area contributed by atoms with Gasteiger partial charge in [-0.3, -0.25) is 0 Å². The zero-order chi connectivity index (χ0) is 11.6. The summed E-state index contributed by atoms with van der Waals surface area (Å²) >= 11 is 0. The van der Waals surface area contributed by atoms with E-state index in [0.717, 1.165) is 26.0 Å². The van der Waals surface area contributed by atoms with Gasteiger partial charge in [0, 0.05) is 13.2 Å². The van der Waals surface area contributed by atoms with Gasteiger partial charge in [0.2, 0.25) is 5.82 Å². The van der Waals surface area contributed by atoms with Crippen LogP contribution in [0.15, 0.2) is 4.52 Å². The lowest BCUT2D eigenvalue weighted by atomic mass is 10.0. The fraction of sp³-hybridized carbons (Fsp3) is 0.818. The topological polar surface area (TPSA) is 60.2 Å². The number of nitrogens with zero attached hydrogens (tertiary/aromatic N) is 2. The third-order valence-electron chi connectivity index (χ3n) is 2.78. The SMILES string of the molecule is CC(C)CNc1nc(C2(C)CCCO2)no1. The Morgan fingerprint density at radius 1 is 1.50 bits per heavy atom. The molecule has 5 heteroatoms. The molecule has 1 fully saturated rings. The van der Waals surface area contributed by atoms with Crippen LogP contribution in [-0.4, -0.2) is 23.3 Å². The number of anilines is 1. The summed E-state index contributed by atoms with van der Waals surface area (Å²) in [5.41, 5.74) is -0.360. The van der Waals surface area contributed by atoms with Gasteiger partial charge in [-0.25, -0.2) is 0 Å². The molecule has 1 atom stereocenters. The first kappa shape index (κ1) is 11.4. The van der Waals surface area contributed by atoms with Gasteiger partial charge in [-0.15, -0.1) is 0 Å². The molecule has 1 aromatic rings. The van der Waals surface area contributed by atoms with Crippen molar-refractivity contribution in [2.75, 3.05) is 18.5 Å². The molecule has 2 rings (SSSR count). The molecule has 0 spiro atoms. The van der Waals surface area contributed by atoms with Crippen LogP contribution in [0.3, 0.4) is 0 Å². The molecule has 90 valence electrons. The third-order valence-corrected chi connectivity index (χ3v) is 2.78. The first-order valence-electron chi connectivity index (χ1n) is 5.82. The van der Waals surface area contributed by atoms with Crippen molar-refractivity contribution in [3.8, 4) is 0 Å². The van der Waals surface area contributed by atoms with E-state index >= 15 is 0 Å². The van der Waals surface area contributed by atoms with Crippen LogP contribution < -0.4 is 5.32 Å². The van der Waals surface area contributed by atoms with Crippen LogP contribution in [0.2, 0.25) is 0 Å².